The highest BCUT2D eigenvalue weighted by Gasteiger charge is 2.19. The molecule has 8 heteroatoms. The van der Waals surface area contributed by atoms with Gasteiger partial charge in [-0.25, -0.2) is 9.78 Å². The van der Waals surface area contributed by atoms with Gasteiger partial charge in [-0.1, -0.05) is 41.7 Å². The molecule has 2 aromatic heterocycles. The summed E-state index contributed by atoms with van der Waals surface area (Å²) in [6.07, 6.45) is 0. The van der Waals surface area contributed by atoms with Crippen LogP contribution in [0.1, 0.15) is 28.4 Å². The first kappa shape index (κ1) is 21.4. The molecule has 2 aromatic carbocycles. The van der Waals surface area contributed by atoms with Crippen LogP contribution in [0.4, 0.5) is 10.1 Å². The van der Waals surface area contributed by atoms with Crippen molar-refractivity contribution in [2.75, 3.05) is 17.2 Å². The predicted molar refractivity (Wildman–Crippen MR) is 135 cm³/mol. The Labute approximate surface area is 194 Å². The van der Waals surface area contributed by atoms with Crippen LogP contribution >= 0.6 is 34.9 Å². The zero-order valence-electron chi connectivity index (χ0n) is 17.3. The number of thiophene rings is 1. The van der Waals surface area contributed by atoms with E-state index < -0.39 is 0 Å². The number of aryl methyl sites for hydroxylation is 2. The fourth-order valence-electron chi connectivity index (χ4n) is 3.05. The maximum atomic E-state index is 12.5. The lowest BCUT2D eigenvalue weighted by Gasteiger charge is -2.08. The lowest BCUT2D eigenvalue weighted by atomic mass is 10.1. The number of benzene rings is 2. The first-order chi connectivity index (χ1) is 14.9. The maximum Gasteiger partial charge on any atom is 0.341 e. The Morgan fingerprint density at radius 2 is 1.81 bits per heavy atom. The molecule has 0 unspecified atom stereocenters. The normalized spacial score (nSPS) is 10.8. The minimum absolute atomic E-state index is 0.308. The second-order valence-corrected chi connectivity index (χ2v) is 9.43. The number of nitrogens with zero attached hydrogens (tertiary/aromatic N) is 1. The summed E-state index contributed by atoms with van der Waals surface area (Å²) in [6.45, 7) is 6.26. The summed E-state index contributed by atoms with van der Waals surface area (Å²) in [5, 5.41) is 8.03. The number of ether oxygens (including phenoxy) is 1. The van der Waals surface area contributed by atoms with Crippen molar-refractivity contribution >= 4 is 66.3 Å². The number of carbonyl (C=O) groups excluding carboxylic acids is 1. The number of thiocarbonyl (C=S) groups is 1. The standard InChI is InChI=1S/C23H21N3O2S3/c1-4-28-21(27)16-12-18(15-8-6-5-7-9-15)30-20(16)25-22(29)26-23-24-17-10-13(2)14(3)11-19(17)31-23/h5-12H,4H2,1-3H3,(H2,24,25,26,29). The fourth-order valence-corrected chi connectivity index (χ4v) is 5.39. The second-order valence-electron chi connectivity index (χ2n) is 6.94. The molecular formula is C23H21N3O2S3. The van der Waals surface area contributed by atoms with Crippen LogP contribution < -0.4 is 10.6 Å². The van der Waals surface area contributed by atoms with Gasteiger partial charge in [0, 0.05) is 4.88 Å². The molecule has 2 N–H and O–H groups in total. The summed E-state index contributed by atoms with van der Waals surface area (Å²) in [4.78, 5) is 18.1. The third kappa shape index (κ3) is 4.76. The molecule has 0 amide bonds. The Balaban J connectivity index is 1.58. The lowest BCUT2D eigenvalue weighted by molar-refractivity contribution is 0.0528. The van der Waals surface area contributed by atoms with Crippen molar-refractivity contribution < 1.29 is 9.53 Å². The predicted octanol–water partition coefficient (Wildman–Crippen LogP) is 6.63. The van der Waals surface area contributed by atoms with Crippen LogP contribution in [0.15, 0.2) is 48.5 Å². The van der Waals surface area contributed by atoms with Crippen LogP contribution in [0.25, 0.3) is 20.7 Å². The molecule has 4 aromatic rings. The minimum atomic E-state index is -0.378. The van der Waals surface area contributed by atoms with Crippen LogP contribution in [0.5, 0.6) is 0 Å². The number of anilines is 2. The van der Waals surface area contributed by atoms with Gasteiger partial charge >= 0.3 is 5.97 Å². The van der Waals surface area contributed by atoms with E-state index >= 15 is 0 Å². The van der Waals surface area contributed by atoms with Gasteiger partial charge in [-0.15, -0.1) is 11.3 Å². The van der Waals surface area contributed by atoms with Crippen molar-refractivity contribution in [3.63, 3.8) is 0 Å². The average molecular weight is 468 g/mol. The summed E-state index contributed by atoms with van der Waals surface area (Å²) in [6, 6.07) is 16.0. The molecule has 4 rings (SSSR count). The number of carbonyl (C=O) groups is 1. The van der Waals surface area contributed by atoms with E-state index in [4.69, 9.17) is 17.0 Å². The first-order valence-electron chi connectivity index (χ1n) is 9.76. The topological polar surface area (TPSA) is 63.2 Å². The smallest absolute Gasteiger partial charge is 0.341 e. The molecule has 0 bridgehead atoms. The number of thiazole rings is 1. The van der Waals surface area contributed by atoms with Gasteiger partial charge in [0.05, 0.1) is 22.4 Å². The number of nitrogens with one attached hydrogen (secondary N) is 2. The Kier molecular flexibility index (Phi) is 6.31. The third-order valence-corrected chi connectivity index (χ3v) is 6.97. The van der Waals surface area contributed by atoms with Crippen LogP contribution in [0, 0.1) is 13.8 Å². The zero-order valence-corrected chi connectivity index (χ0v) is 19.8. The summed E-state index contributed by atoms with van der Waals surface area (Å²) >= 11 is 8.51. The SMILES string of the molecule is CCOC(=O)c1cc(-c2ccccc2)sc1NC(=S)Nc1nc2cc(C)c(C)cc2s1. The number of esters is 1. The molecule has 0 aliphatic carbocycles. The molecule has 31 heavy (non-hydrogen) atoms. The van der Waals surface area contributed by atoms with Gasteiger partial charge in [-0.05, 0) is 67.9 Å². The molecule has 5 nitrogen and oxygen atoms in total. The second kappa shape index (κ2) is 9.13. The summed E-state index contributed by atoms with van der Waals surface area (Å²) in [7, 11) is 0. The average Bonchev–Trinajstić information content (AvgIpc) is 3.32. The Morgan fingerprint density at radius 1 is 1.06 bits per heavy atom. The number of hydrogen-bond acceptors (Lipinski definition) is 6. The van der Waals surface area contributed by atoms with E-state index in [1.54, 1.807) is 18.3 Å². The number of hydrogen-bond donors (Lipinski definition) is 2. The molecule has 158 valence electrons. The Bertz CT molecular complexity index is 1220. The van der Waals surface area contributed by atoms with E-state index in [1.165, 1.54) is 22.5 Å². The van der Waals surface area contributed by atoms with Gasteiger partial charge in [0.25, 0.3) is 0 Å². The van der Waals surface area contributed by atoms with Gasteiger partial charge in [-0.2, -0.15) is 0 Å². The maximum absolute atomic E-state index is 12.5. The summed E-state index contributed by atoms with van der Waals surface area (Å²) < 4.78 is 6.33. The number of aromatic nitrogens is 1. The summed E-state index contributed by atoms with van der Waals surface area (Å²) in [5.41, 5.74) is 4.87. The highest BCUT2D eigenvalue weighted by molar-refractivity contribution is 7.80. The summed E-state index contributed by atoms with van der Waals surface area (Å²) in [5.74, 6) is -0.378. The molecule has 0 aliphatic heterocycles. The van der Waals surface area contributed by atoms with E-state index in [9.17, 15) is 4.79 Å². The highest BCUT2D eigenvalue weighted by Crippen LogP contribution is 2.36. The van der Waals surface area contributed by atoms with Gasteiger partial charge in [-0.3, -0.25) is 0 Å². The van der Waals surface area contributed by atoms with E-state index in [-0.39, 0.29) is 5.97 Å². The number of rotatable bonds is 5. The van der Waals surface area contributed by atoms with Crippen LogP contribution in [-0.4, -0.2) is 22.7 Å². The van der Waals surface area contributed by atoms with E-state index in [0.717, 1.165) is 20.7 Å². The van der Waals surface area contributed by atoms with Gasteiger partial charge in [0.2, 0.25) is 0 Å². The van der Waals surface area contributed by atoms with E-state index in [0.29, 0.717) is 27.4 Å². The lowest BCUT2D eigenvalue weighted by Crippen LogP contribution is -2.19. The molecule has 0 radical (unpaired) electrons. The fraction of sp³-hybridized carbons (Fsp3) is 0.174. The van der Waals surface area contributed by atoms with Gasteiger partial charge < -0.3 is 15.4 Å². The molecule has 0 saturated heterocycles. The Hall–Kier alpha value is -2.81. The minimum Gasteiger partial charge on any atom is -0.462 e. The zero-order chi connectivity index (χ0) is 22.0. The van der Waals surface area contributed by atoms with Gasteiger partial charge in [0.1, 0.15) is 5.00 Å². The van der Waals surface area contributed by atoms with Crippen molar-refractivity contribution in [1.82, 2.24) is 4.98 Å². The molecular weight excluding hydrogens is 446 g/mol. The molecule has 0 saturated carbocycles. The van der Waals surface area contributed by atoms with Gasteiger partial charge in [0.15, 0.2) is 10.2 Å². The largest absolute Gasteiger partial charge is 0.462 e. The van der Waals surface area contributed by atoms with Crippen molar-refractivity contribution in [1.29, 1.82) is 0 Å². The highest BCUT2D eigenvalue weighted by atomic mass is 32.1. The quantitative estimate of drug-likeness (QED) is 0.254. The van der Waals surface area contributed by atoms with Crippen LogP contribution in [-0.2, 0) is 4.74 Å². The Morgan fingerprint density at radius 3 is 2.55 bits per heavy atom. The molecule has 0 fully saturated rings. The number of fused-ring (bicyclic) bond motifs is 1. The molecule has 0 spiro atoms. The molecule has 0 aliphatic rings. The van der Waals surface area contributed by atoms with E-state index in [1.807, 2.05) is 36.4 Å². The van der Waals surface area contributed by atoms with Crippen molar-refractivity contribution in [2.45, 2.75) is 20.8 Å². The van der Waals surface area contributed by atoms with Crippen LogP contribution in [0.2, 0.25) is 0 Å². The van der Waals surface area contributed by atoms with Crippen molar-refractivity contribution in [3.8, 4) is 10.4 Å². The van der Waals surface area contributed by atoms with Crippen molar-refractivity contribution in [2.24, 2.45) is 0 Å². The monoisotopic (exact) mass is 467 g/mol. The third-order valence-electron chi connectivity index (χ3n) is 4.74. The molecule has 2 heterocycles. The van der Waals surface area contributed by atoms with Crippen molar-refractivity contribution in [3.05, 3.63) is 65.2 Å². The first-order valence-corrected chi connectivity index (χ1v) is 11.8. The molecule has 0 atom stereocenters. The van der Waals surface area contributed by atoms with E-state index in [2.05, 4.69) is 41.6 Å². The van der Waals surface area contributed by atoms with Crippen LogP contribution in [0.3, 0.4) is 0 Å².